The van der Waals surface area contributed by atoms with Crippen LogP contribution in [-0.2, 0) is 4.79 Å². The normalized spacial score (nSPS) is 33.9. The van der Waals surface area contributed by atoms with Gasteiger partial charge in [0, 0.05) is 37.0 Å². The highest BCUT2D eigenvalue weighted by Crippen LogP contribution is 2.54. The fourth-order valence-corrected chi connectivity index (χ4v) is 5.44. The van der Waals surface area contributed by atoms with Crippen LogP contribution in [0.3, 0.4) is 0 Å². The fraction of sp³-hybridized carbons (Fsp3) is 0.737. The van der Waals surface area contributed by atoms with Gasteiger partial charge in [-0.3, -0.25) is 9.59 Å². The minimum absolute atomic E-state index is 0.0105. The third kappa shape index (κ3) is 2.33. The third-order valence-corrected chi connectivity index (χ3v) is 6.64. The lowest BCUT2D eigenvalue weighted by atomic mass is 9.66. The van der Waals surface area contributed by atoms with Gasteiger partial charge >= 0.3 is 0 Å². The predicted molar refractivity (Wildman–Crippen MR) is 92.1 cm³/mol. The van der Waals surface area contributed by atoms with E-state index in [1.807, 2.05) is 23.6 Å². The number of rotatable bonds is 2. The van der Waals surface area contributed by atoms with Crippen molar-refractivity contribution in [2.24, 2.45) is 5.41 Å². The standard InChI is InChI=1S/C19H27N3O3/c1-11(2)14-8-15(25-20-14)18(24)22-13-9-19(4)16(6-5-7-17(19)22)21(10-13)12(3)23/h8,11,13,16-17H,5-7,9-10H2,1-4H3/t13-,16+,17-,19+/m0/s1. The van der Waals surface area contributed by atoms with Gasteiger partial charge in [0.15, 0.2) is 0 Å². The summed E-state index contributed by atoms with van der Waals surface area (Å²) in [6, 6.07) is 2.29. The Bertz CT molecular complexity index is 713. The van der Waals surface area contributed by atoms with Gasteiger partial charge in [-0.1, -0.05) is 25.9 Å². The average Bonchev–Trinajstić information content (AvgIpc) is 3.14. The highest BCUT2D eigenvalue weighted by Gasteiger charge is 2.61. The van der Waals surface area contributed by atoms with Crippen molar-refractivity contribution in [3.63, 3.8) is 0 Å². The van der Waals surface area contributed by atoms with Gasteiger partial charge in [0.1, 0.15) is 0 Å². The molecule has 2 bridgehead atoms. The van der Waals surface area contributed by atoms with Crippen molar-refractivity contribution in [3.8, 4) is 0 Å². The highest BCUT2D eigenvalue weighted by atomic mass is 16.5. The summed E-state index contributed by atoms with van der Waals surface area (Å²) in [5.41, 5.74) is 0.798. The number of fused-ring (bicyclic) bond motifs is 1. The lowest BCUT2D eigenvalue weighted by Crippen LogP contribution is -2.57. The Labute approximate surface area is 148 Å². The Kier molecular flexibility index (Phi) is 3.71. The molecule has 0 radical (unpaired) electrons. The summed E-state index contributed by atoms with van der Waals surface area (Å²) in [5, 5.41) is 4.05. The van der Waals surface area contributed by atoms with E-state index in [4.69, 9.17) is 4.52 Å². The van der Waals surface area contributed by atoms with Crippen LogP contribution in [0, 0.1) is 5.41 Å². The monoisotopic (exact) mass is 345 g/mol. The van der Waals surface area contributed by atoms with Crippen molar-refractivity contribution in [1.29, 1.82) is 0 Å². The summed E-state index contributed by atoms with van der Waals surface area (Å²) in [7, 11) is 0. The van der Waals surface area contributed by atoms with Gasteiger partial charge in [-0.25, -0.2) is 0 Å². The van der Waals surface area contributed by atoms with Crippen LogP contribution in [0.1, 0.15) is 75.5 Å². The molecule has 2 aliphatic heterocycles. The van der Waals surface area contributed by atoms with Crippen LogP contribution >= 0.6 is 0 Å². The summed E-state index contributed by atoms with van der Waals surface area (Å²) < 4.78 is 5.37. The van der Waals surface area contributed by atoms with Gasteiger partial charge in [0.2, 0.25) is 11.7 Å². The molecule has 4 atom stereocenters. The van der Waals surface area contributed by atoms with E-state index in [1.165, 1.54) is 0 Å². The first-order valence-corrected chi connectivity index (χ1v) is 9.39. The summed E-state index contributed by atoms with van der Waals surface area (Å²) >= 11 is 0. The summed E-state index contributed by atoms with van der Waals surface area (Å²) in [4.78, 5) is 29.4. The molecule has 3 fully saturated rings. The number of piperidine rings is 1. The van der Waals surface area contributed by atoms with Crippen LogP contribution in [0.15, 0.2) is 10.6 Å². The second-order valence-corrected chi connectivity index (χ2v) is 8.48. The summed E-state index contributed by atoms with van der Waals surface area (Å²) in [5.74, 6) is 0.617. The first kappa shape index (κ1) is 16.6. The molecule has 4 rings (SSSR count). The minimum Gasteiger partial charge on any atom is -0.351 e. The molecule has 1 saturated carbocycles. The Morgan fingerprint density at radius 2 is 2.04 bits per heavy atom. The van der Waals surface area contributed by atoms with E-state index >= 15 is 0 Å². The molecule has 1 aromatic heterocycles. The summed E-state index contributed by atoms with van der Waals surface area (Å²) in [6.45, 7) is 8.62. The van der Waals surface area contributed by atoms with Gasteiger partial charge < -0.3 is 14.3 Å². The Balaban J connectivity index is 1.68. The lowest BCUT2D eigenvalue weighted by Gasteiger charge is -2.49. The van der Waals surface area contributed by atoms with E-state index in [9.17, 15) is 9.59 Å². The molecule has 3 heterocycles. The largest absolute Gasteiger partial charge is 0.351 e. The fourth-order valence-electron chi connectivity index (χ4n) is 5.44. The number of carbonyl (C=O) groups excluding carboxylic acids is 2. The zero-order valence-corrected chi connectivity index (χ0v) is 15.5. The topological polar surface area (TPSA) is 66.7 Å². The van der Waals surface area contributed by atoms with Crippen molar-refractivity contribution < 1.29 is 14.1 Å². The molecule has 0 aromatic carbocycles. The minimum atomic E-state index is -0.0656. The second-order valence-electron chi connectivity index (χ2n) is 8.48. The molecule has 0 N–H and O–H groups in total. The first-order valence-electron chi connectivity index (χ1n) is 9.39. The number of amides is 2. The molecule has 2 amide bonds. The molecule has 1 aromatic rings. The SMILES string of the molecule is CC(=O)N1C[C@@H]2C[C@@]3(C)[C@H](CCC[C@@H]13)N2C(=O)c1cc(C(C)C)no1. The molecule has 25 heavy (non-hydrogen) atoms. The first-order chi connectivity index (χ1) is 11.8. The van der Waals surface area contributed by atoms with Crippen molar-refractivity contribution in [2.75, 3.05) is 6.54 Å². The quantitative estimate of drug-likeness (QED) is 0.827. The van der Waals surface area contributed by atoms with Crippen molar-refractivity contribution in [1.82, 2.24) is 15.0 Å². The Morgan fingerprint density at radius 1 is 1.32 bits per heavy atom. The van der Waals surface area contributed by atoms with Crippen LogP contribution in [0.2, 0.25) is 0 Å². The van der Waals surface area contributed by atoms with Gasteiger partial charge in [-0.2, -0.15) is 0 Å². The molecular weight excluding hydrogens is 318 g/mol. The molecular formula is C19H27N3O3. The molecule has 0 spiro atoms. The molecule has 3 aliphatic rings. The molecule has 0 unspecified atom stereocenters. The molecule has 1 aliphatic carbocycles. The zero-order valence-electron chi connectivity index (χ0n) is 15.5. The highest BCUT2D eigenvalue weighted by molar-refractivity contribution is 5.92. The van der Waals surface area contributed by atoms with E-state index in [-0.39, 0.29) is 41.3 Å². The van der Waals surface area contributed by atoms with Crippen molar-refractivity contribution in [2.45, 2.75) is 77.4 Å². The summed E-state index contributed by atoms with van der Waals surface area (Å²) in [6.07, 6.45) is 4.08. The molecule has 6 heteroatoms. The molecule has 2 saturated heterocycles. The molecule has 6 nitrogen and oxygen atoms in total. The van der Waals surface area contributed by atoms with E-state index < -0.39 is 0 Å². The van der Waals surface area contributed by atoms with Crippen LogP contribution < -0.4 is 0 Å². The van der Waals surface area contributed by atoms with E-state index in [0.29, 0.717) is 12.3 Å². The Hall–Kier alpha value is -1.85. The zero-order chi connectivity index (χ0) is 17.9. The number of carbonyl (C=O) groups is 2. The van der Waals surface area contributed by atoms with Crippen molar-refractivity contribution in [3.05, 3.63) is 17.5 Å². The third-order valence-electron chi connectivity index (χ3n) is 6.64. The number of likely N-dealkylation sites (tertiary alicyclic amines) is 2. The van der Waals surface area contributed by atoms with Gasteiger partial charge in [0.25, 0.3) is 5.91 Å². The smallest absolute Gasteiger partial charge is 0.293 e. The van der Waals surface area contributed by atoms with Crippen molar-refractivity contribution >= 4 is 11.8 Å². The van der Waals surface area contributed by atoms with Crippen LogP contribution in [0.25, 0.3) is 0 Å². The number of hydrogen-bond acceptors (Lipinski definition) is 4. The van der Waals surface area contributed by atoms with Gasteiger partial charge in [-0.05, 0) is 31.6 Å². The van der Waals surface area contributed by atoms with Crippen LogP contribution in [0.5, 0.6) is 0 Å². The maximum atomic E-state index is 13.2. The second kappa shape index (κ2) is 5.58. The maximum Gasteiger partial charge on any atom is 0.293 e. The average molecular weight is 345 g/mol. The number of hydrogen-bond donors (Lipinski definition) is 0. The maximum absolute atomic E-state index is 13.2. The van der Waals surface area contributed by atoms with Gasteiger partial charge in [-0.15, -0.1) is 0 Å². The van der Waals surface area contributed by atoms with E-state index in [0.717, 1.165) is 31.4 Å². The lowest BCUT2D eigenvalue weighted by molar-refractivity contribution is -0.137. The van der Waals surface area contributed by atoms with E-state index in [2.05, 4.69) is 12.1 Å². The number of nitrogens with zero attached hydrogens (tertiary/aromatic N) is 3. The number of aromatic nitrogens is 1. The predicted octanol–water partition coefficient (Wildman–Crippen LogP) is 2.80. The molecule has 136 valence electrons. The van der Waals surface area contributed by atoms with Crippen LogP contribution in [-0.4, -0.2) is 51.4 Å². The van der Waals surface area contributed by atoms with Gasteiger partial charge in [0.05, 0.1) is 11.7 Å². The van der Waals surface area contributed by atoms with E-state index in [1.54, 1.807) is 13.0 Å². The van der Waals surface area contributed by atoms with Crippen LogP contribution in [0.4, 0.5) is 0 Å². The Morgan fingerprint density at radius 3 is 2.68 bits per heavy atom.